The highest BCUT2D eigenvalue weighted by molar-refractivity contribution is 7.99. The van der Waals surface area contributed by atoms with E-state index in [1.54, 1.807) is 12.1 Å². The van der Waals surface area contributed by atoms with Crippen LogP contribution in [0, 0.1) is 0 Å². The molecule has 1 aliphatic rings. The van der Waals surface area contributed by atoms with E-state index in [4.69, 9.17) is 11.6 Å². The molecule has 1 unspecified atom stereocenters. The van der Waals surface area contributed by atoms with Crippen molar-refractivity contribution in [2.24, 2.45) is 0 Å². The summed E-state index contributed by atoms with van der Waals surface area (Å²) in [4.78, 5) is 1.75. The number of thioether (sulfide) groups is 1. The molecule has 0 bridgehead atoms. The van der Waals surface area contributed by atoms with E-state index in [0.717, 1.165) is 38.9 Å². The third-order valence-corrected chi connectivity index (χ3v) is 6.91. The Morgan fingerprint density at radius 3 is 2.68 bits per heavy atom. The fraction of sp³-hybridized carbons (Fsp3) is 0.176. The van der Waals surface area contributed by atoms with E-state index >= 15 is 0 Å². The van der Waals surface area contributed by atoms with Crippen LogP contribution in [0.25, 0.3) is 10.9 Å². The maximum Gasteiger partial charge on any atom is 0.0927 e. The van der Waals surface area contributed by atoms with Gasteiger partial charge in [-0.05, 0) is 36.8 Å². The van der Waals surface area contributed by atoms with Crippen molar-refractivity contribution >= 4 is 45.1 Å². The largest absolute Gasteiger partial charge is 0.335 e. The summed E-state index contributed by atoms with van der Waals surface area (Å²) in [6.07, 6.45) is 1.16. The summed E-state index contributed by atoms with van der Waals surface area (Å²) in [7, 11) is -1.19. The molecule has 1 aliphatic heterocycles. The lowest BCUT2D eigenvalue weighted by atomic mass is 10.2. The zero-order valence-electron chi connectivity index (χ0n) is 11.8. The highest BCUT2D eigenvalue weighted by atomic mass is 35.5. The topological polar surface area (TPSA) is 22.0 Å². The van der Waals surface area contributed by atoms with E-state index in [2.05, 4.69) is 16.7 Å². The first-order valence-electron chi connectivity index (χ1n) is 7.17. The van der Waals surface area contributed by atoms with Gasteiger partial charge in [-0.2, -0.15) is 0 Å². The van der Waals surface area contributed by atoms with Crippen molar-refractivity contribution in [1.29, 1.82) is 0 Å². The number of hydrogen-bond acceptors (Lipinski definition) is 2. The van der Waals surface area contributed by atoms with Crippen LogP contribution < -0.4 is 0 Å². The van der Waals surface area contributed by atoms with Crippen LogP contribution >= 0.6 is 23.4 Å². The maximum absolute atomic E-state index is 13.1. The van der Waals surface area contributed by atoms with Crippen molar-refractivity contribution in [1.82, 2.24) is 4.57 Å². The quantitative estimate of drug-likeness (QED) is 0.653. The molecule has 2 aromatic carbocycles. The van der Waals surface area contributed by atoms with Gasteiger partial charge in [0, 0.05) is 27.6 Å². The zero-order valence-corrected chi connectivity index (χ0v) is 14.2. The predicted octanol–water partition coefficient (Wildman–Crippen LogP) is 4.96. The van der Waals surface area contributed by atoms with Gasteiger partial charge in [0.2, 0.25) is 0 Å². The first-order valence-corrected chi connectivity index (χ1v) is 9.68. The second kappa shape index (κ2) is 5.76. The van der Waals surface area contributed by atoms with Crippen molar-refractivity contribution < 1.29 is 4.21 Å². The molecule has 0 radical (unpaired) electrons. The summed E-state index contributed by atoms with van der Waals surface area (Å²) >= 11 is 7.76. The minimum absolute atomic E-state index is 0.666. The number of rotatable bonds is 2. The highest BCUT2D eigenvalue weighted by Gasteiger charge is 2.24. The summed E-state index contributed by atoms with van der Waals surface area (Å²) < 4.78 is 15.5. The number of nitrogens with zero attached hydrogens (tertiary/aromatic N) is 1. The Morgan fingerprint density at radius 2 is 1.86 bits per heavy atom. The lowest BCUT2D eigenvalue weighted by Crippen LogP contribution is -2.07. The highest BCUT2D eigenvalue weighted by Crippen LogP contribution is 2.40. The molecule has 0 saturated heterocycles. The van der Waals surface area contributed by atoms with Crippen LogP contribution in [0.15, 0.2) is 63.3 Å². The molecule has 3 aromatic rings. The van der Waals surface area contributed by atoms with Gasteiger partial charge in [0.15, 0.2) is 0 Å². The van der Waals surface area contributed by atoms with Crippen molar-refractivity contribution in [3.05, 3.63) is 53.6 Å². The fourth-order valence-corrected chi connectivity index (χ4v) is 5.70. The Hall–Kier alpha value is -1.23. The average molecular weight is 348 g/mol. The van der Waals surface area contributed by atoms with Crippen LogP contribution in [0.2, 0.25) is 5.02 Å². The maximum atomic E-state index is 13.1. The lowest BCUT2D eigenvalue weighted by Gasteiger charge is -2.16. The molecule has 4 rings (SSSR count). The number of hydrogen-bond donors (Lipinski definition) is 0. The van der Waals surface area contributed by atoms with Gasteiger partial charge in [0.25, 0.3) is 0 Å². The predicted molar refractivity (Wildman–Crippen MR) is 93.4 cm³/mol. The number of aromatic nitrogens is 1. The molecule has 5 heteroatoms. The molecule has 0 saturated carbocycles. The molecule has 2 heterocycles. The molecule has 0 amide bonds. The van der Waals surface area contributed by atoms with Crippen LogP contribution in [-0.4, -0.2) is 14.5 Å². The molecule has 22 heavy (non-hydrogen) atoms. The Kier molecular flexibility index (Phi) is 3.76. The zero-order chi connectivity index (χ0) is 15.1. The summed E-state index contributed by atoms with van der Waals surface area (Å²) in [5, 5.41) is 2.92. The van der Waals surface area contributed by atoms with E-state index < -0.39 is 10.8 Å². The van der Waals surface area contributed by atoms with Gasteiger partial charge in [-0.25, -0.2) is 4.21 Å². The molecule has 2 nitrogen and oxygen atoms in total. The minimum Gasteiger partial charge on any atom is -0.335 e. The molecule has 0 spiro atoms. The SMILES string of the molecule is O=S(c1ccc(Cl)cc1)c1c2n(c3ccccc13)CCCS2. The summed E-state index contributed by atoms with van der Waals surface area (Å²) in [5.41, 5.74) is 1.18. The third-order valence-electron chi connectivity index (χ3n) is 3.86. The first kappa shape index (κ1) is 14.4. The van der Waals surface area contributed by atoms with Crippen LogP contribution in [0.1, 0.15) is 6.42 Å². The second-order valence-corrected chi connectivity index (χ2v) is 8.16. The molecule has 0 fully saturated rings. The van der Waals surface area contributed by atoms with Gasteiger partial charge >= 0.3 is 0 Å². The Balaban J connectivity index is 1.94. The van der Waals surface area contributed by atoms with Crippen LogP contribution in [-0.2, 0) is 17.3 Å². The number of fused-ring (bicyclic) bond motifs is 3. The monoisotopic (exact) mass is 347 g/mol. The number of benzene rings is 2. The van der Waals surface area contributed by atoms with Crippen LogP contribution in [0.4, 0.5) is 0 Å². The second-order valence-electron chi connectivity index (χ2n) is 5.23. The van der Waals surface area contributed by atoms with Gasteiger partial charge in [-0.1, -0.05) is 29.8 Å². The van der Waals surface area contributed by atoms with E-state index in [1.165, 1.54) is 5.52 Å². The van der Waals surface area contributed by atoms with E-state index in [0.29, 0.717) is 5.02 Å². The molecule has 112 valence electrons. The van der Waals surface area contributed by atoms with Crippen molar-refractivity contribution in [2.45, 2.75) is 27.8 Å². The van der Waals surface area contributed by atoms with Crippen molar-refractivity contribution in [3.63, 3.8) is 0 Å². The van der Waals surface area contributed by atoms with Crippen LogP contribution in [0.5, 0.6) is 0 Å². The summed E-state index contributed by atoms with van der Waals surface area (Å²) in [5.74, 6) is 1.08. The van der Waals surface area contributed by atoms with Gasteiger partial charge in [0.05, 0.1) is 26.2 Å². The molecule has 0 N–H and O–H groups in total. The van der Waals surface area contributed by atoms with Gasteiger partial charge < -0.3 is 4.57 Å². The summed E-state index contributed by atoms with van der Waals surface area (Å²) in [6.45, 7) is 1.00. The van der Waals surface area contributed by atoms with Gasteiger partial charge in [0.1, 0.15) is 0 Å². The standard InChI is InChI=1S/C17H14ClNOS2/c18-12-6-8-13(9-7-12)22(20)16-14-4-1-2-5-15(14)19-10-3-11-21-17(16)19/h1-2,4-9H,3,10-11H2. The number of halogens is 1. The number of aryl methyl sites for hydroxylation is 1. The average Bonchev–Trinajstić information content (AvgIpc) is 2.89. The molecule has 1 aromatic heterocycles. The molecular weight excluding hydrogens is 334 g/mol. The Labute approximate surface area is 140 Å². The van der Waals surface area contributed by atoms with E-state index in [-0.39, 0.29) is 0 Å². The van der Waals surface area contributed by atoms with Crippen LogP contribution in [0.3, 0.4) is 0 Å². The normalized spacial score (nSPS) is 15.7. The lowest BCUT2D eigenvalue weighted by molar-refractivity contribution is 0.627. The first-order chi connectivity index (χ1) is 10.8. The van der Waals surface area contributed by atoms with E-state index in [1.807, 2.05) is 36.0 Å². The fourth-order valence-electron chi connectivity index (χ4n) is 2.86. The molecule has 1 atom stereocenters. The Morgan fingerprint density at radius 1 is 1.09 bits per heavy atom. The third kappa shape index (κ3) is 2.30. The van der Waals surface area contributed by atoms with E-state index in [9.17, 15) is 4.21 Å². The molecular formula is C17H14ClNOS2. The number of para-hydroxylation sites is 1. The smallest absolute Gasteiger partial charge is 0.0927 e. The van der Waals surface area contributed by atoms with Crippen molar-refractivity contribution in [3.8, 4) is 0 Å². The molecule has 0 aliphatic carbocycles. The summed E-state index contributed by atoms with van der Waals surface area (Å²) in [6, 6.07) is 15.6. The minimum atomic E-state index is -1.19. The van der Waals surface area contributed by atoms with Crippen molar-refractivity contribution in [2.75, 3.05) is 5.75 Å². The Bertz CT molecular complexity index is 870. The van der Waals surface area contributed by atoms with Gasteiger partial charge in [-0.15, -0.1) is 11.8 Å². The van der Waals surface area contributed by atoms with Gasteiger partial charge in [-0.3, -0.25) is 0 Å².